The van der Waals surface area contributed by atoms with Crippen LogP contribution in [0.4, 0.5) is 0 Å². The van der Waals surface area contributed by atoms with Gasteiger partial charge in [0.15, 0.2) is 0 Å². The monoisotopic (exact) mass is 342 g/mol. The van der Waals surface area contributed by atoms with Crippen LogP contribution in [0, 0.1) is 12.7 Å². The van der Waals surface area contributed by atoms with E-state index in [1.54, 1.807) is 0 Å². The number of imidazole rings is 2. The van der Waals surface area contributed by atoms with Crippen LogP contribution in [0.15, 0.2) is 85.5 Å². The summed E-state index contributed by atoms with van der Waals surface area (Å²) < 4.78 is 8.37. The Hall–Kier alpha value is -3.14. The lowest BCUT2D eigenvalue weighted by molar-refractivity contribution is -0.704. The van der Waals surface area contributed by atoms with Gasteiger partial charge < -0.3 is 18.3 Å². The van der Waals surface area contributed by atoms with Crippen LogP contribution in [0.5, 0.6) is 0 Å². The first-order chi connectivity index (χ1) is 12.8. The zero-order valence-electron chi connectivity index (χ0n) is 14.7. The average molecular weight is 342 g/mol. The van der Waals surface area contributed by atoms with Crippen molar-refractivity contribution in [1.82, 2.24) is 9.13 Å². The van der Waals surface area contributed by atoms with Gasteiger partial charge in [-0.25, -0.2) is 0 Å². The van der Waals surface area contributed by atoms with Crippen molar-refractivity contribution in [2.45, 2.75) is 26.2 Å². The van der Waals surface area contributed by atoms with Gasteiger partial charge in [0.1, 0.15) is 13.1 Å². The van der Waals surface area contributed by atoms with E-state index in [-0.39, 0.29) is 0 Å². The molecule has 0 saturated carbocycles. The Balaban J connectivity index is 1.32. The summed E-state index contributed by atoms with van der Waals surface area (Å²) in [5.41, 5.74) is 2.57. The van der Waals surface area contributed by atoms with E-state index in [2.05, 4.69) is 104 Å². The Bertz CT molecular complexity index is 859. The molecule has 0 saturated heterocycles. The van der Waals surface area contributed by atoms with Gasteiger partial charge in [0.05, 0.1) is 13.1 Å². The summed E-state index contributed by atoms with van der Waals surface area (Å²) in [6.45, 7) is 3.44. The molecule has 0 aliphatic heterocycles. The number of rotatable bonds is 7. The molecular weight excluding hydrogens is 320 g/mol. The van der Waals surface area contributed by atoms with Gasteiger partial charge in [0.25, 0.3) is 0 Å². The third-order valence-corrected chi connectivity index (χ3v) is 4.34. The van der Waals surface area contributed by atoms with E-state index in [1.807, 2.05) is 12.1 Å². The molecule has 0 amide bonds. The second-order valence-corrected chi connectivity index (χ2v) is 6.41. The third kappa shape index (κ3) is 4.28. The van der Waals surface area contributed by atoms with Crippen molar-refractivity contribution in [3.8, 4) is 0 Å². The molecule has 26 heavy (non-hydrogen) atoms. The Morgan fingerprint density at radius 3 is 2.08 bits per heavy atom. The molecule has 2 heterocycles. The average Bonchev–Trinajstić information content (AvgIpc) is 3.31. The van der Waals surface area contributed by atoms with E-state index in [9.17, 15) is 0 Å². The zero-order chi connectivity index (χ0) is 17.6. The quantitative estimate of drug-likeness (QED) is 0.362. The van der Waals surface area contributed by atoms with E-state index in [1.165, 1.54) is 11.1 Å². The topological polar surface area (TPSA) is 17.6 Å². The van der Waals surface area contributed by atoms with Crippen LogP contribution in [0.25, 0.3) is 0 Å². The summed E-state index contributed by atoms with van der Waals surface area (Å²) in [5, 5.41) is 0. The summed E-state index contributed by atoms with van der Waals surface area (Å²) in [7, 11) is 0. The Morgan fingerprint density at radius 2 is 1.31 bits per heavy atom. The molecule has 0 bridgehead atoms. The molecule has 0 unspecified atom stereocenters. The minimum absolute atomic E-state index is 0.848. The molecule has 0 radical (unpaired) electrons. The largest absolute Gasteiger partial charge is 0.348 e. The normalized spacial score (nSPS) is 10.9. The highest BCUT2D eigenvalue weighted by molar-refractivity contribution is 5.15. The summed E-state index contributed by atoms with van der Waals surface area (Å²) in [6, 6.07) is 20.9. The van der Waals surface area contributed by atoms with Gasteiger partial charge in [-0.1, -0.05) is 60.7 Å². The lowest BCUT2D eigenvalue weighted by Gasteiger charge is -2.03. The number of aryl methyl sites for hydroxylation is 2. The van der Waals surface area contributed by atoms with E-state index >= 15 is 0 Å². The van der Waals surface area contributed by atoms with Crippen molar-refractivity contribution in [3.63, 3.8) is 0 Å². The zero-order valence-corrected chi connectivity index (χ0v) is 14.7. The third-order valence-electron chi connectivity index (χ3n) is 4.34. The highest BCUT2D eigenvalue weighted by Crippen LogP contribution is 2.01. The second-order valence-electron chi connectivity index (χ2n) is 6.41. The molecule has 0 N–H and O–H groups in total. The maximum absolute atomic E-state index is 3.38. The number of aromatic nitrogens is 4. The Labute approximate surface area is 154 Å². The van der Waals surface area contributed by atoms with Gasteiger partial charge in [-0.05, 0) is 35.9 Å². The van der Waals surface area contributed by atoms with Crippen LogP contribution in [0.1, 0.15) is 11.1 Å². The summed E-state index contributed by atoms with van der Waals surface area (Å²) in [6.07, 6.45) is 15.0. The van der Waals surface area contributed by atoms with Crippen molar-refractivity contribution >= 4 is 0 Å². The number of benzene rings is 2. The van der Waals surface area contributed by atoms with Gasteiger partial charge in [0.2, 0.25) is 12.7 Å². The van der Waals surface area contributed by atoms with Crippen LogP contribution in [0.3, 0.4) is 0 Å². The fourth-order valence-corrected chi connectivity index (χ4v) is 2.99. The van der Waals surface area contributed by atoms with Gasteiger partial charge in [-0.15, -0.1) is 0 Å². The van der Waals surface area contributed by atoms with Crippen molar-refractivity contribution < 1.29 is 9.13 Å². The molecule has 0 fully saturated rings. The van der Waals surface area contributed by atoms with Crippen molar-refractivity contribution in [1.29, 1.82) is 0 Å². The fraction of sp³-hybridized carbons (Fsp3) is 0.182. The highest BCUT2D eigenvalue weighted by atomic mass is 15.2. The highest BCUT2D eigenvalue weighted by Gasteiger charge is 2.01. The van der Waals surface area contributed by atoms with Crippen LogP contribution in [0.2, 0.25) is 0 Å². The molecule has 0 atom stereocenters. The molecule has 0 aliphatic carbocycles. The fourth-order valence-electron chi connectivity index (χ4n) is 2.99. The smallest absolute Gasteiger partial charge is 0.204 e. The van der Waals surface area contributed by atoms with Crippen LogP contribution < -0.4 is 9.13 Å². The molecule has 130 valence electrons. The first-order valence-corrected chi connectivity index (χ1v) is 8.89. The van der Waals surface area contributed by atoms with Crippen LogP contribution >= 0.6 is 0 Å². The number of hydrogen-bond acceptors (Lipinski definition) is 0. The van der Waals surface area contributed by atoms with E-state index in [0.29, 0.717) is 0 Å². The first-order valence-electron chi connectivity index (χ1n) is 8.89. The Morgan fingerprint density at radius 1 is 0.692 bits per heavy atom. The lowest BCUT2D eigenvalue weighted by atomic mass is 10.2. The van der Waals surface area contributed by atoms with Crippen LogP contribution in [-0.2, 0) is 26.2 Å². The minimum atomic E-state index is 0.848. The molecule has 4 heteroatoms. The second kappa shape index (κ2) is 7.83. The maximum Gasteiger partial charge on any atom is 0.204 e. The molecule has 4 rings (SSSR count). The predicted molar refractivity (Wildman–Crippen MR) is 98.0 cm³/mol. The van der Waals surface area contributed by atoms with Crippen molar-refractivity contribution in [2.75, 3.05) is 0 Å². The van der Waals surface area contributed by atoms with Gasteiger partial charge >= 0.3 is 0 Å². The van der Waals surface area contributed by atoms with E-state index < -0.39 is 0 Å². The molecule has 0 spiro atoms. The molecule has 4 nitrogen and oxygen atoms in total. The predicted octanol–water partition coefficient (Wildman–Crippen LogP) is 2.26. The molecule has 2 aromatic carbocycles. The summed E-state index contributed by atoms with van der Waals surface area (Å²) in [4.78, 5) is 0. The first kappa shape index (κ1) is 16.3. The molecular formula is C22H22N4. The SMILES string of the molecule is [c-]1n(Cc2ccccc2)cc[n+]1CCn1[c-][n+](Cc2ccccc2)cc1. The molecule has 4 aromatic rings. The van der Waals surface area contributed by atoms with Gasteiger partial charge in [-0.3, -0.25) is 0 Å². The summed E-state index contributed by atoms with van der Waals surface area (Å²) >= 11 is 0. The summed E-state index contributed by atoms with van der Waals surface area (Å²) in [5.74, 6) is 0. The lowest BCUT2D eigenvalue weighted by Crippen LogP contribution is -2.35. The van der Waals surface area contributed by atoms with Crippen molar-refractivity contribution in [2.24, 2.45) is 0 Å². The molecule has 2 aromatic heterocycles. The van der Waals surface area contributed by atoms with E-state index in [0.717, 1.165) is 26.2 Å². The minimum Gasteiger partial charge on any atom is -0.348 e. The van der Waals surface area contributed by atoms with Crippen molar-refractivity contribution in [3.05, 3.63) is 109 Å². The van der Waals surface area contributed by atoms with Gasteiger partial charge in [-0.2, -0.15) is 0 Å². The number of hydrogen-bond donors (Lipinski definition) is 0. The van der Waals surface area contributed by atoms with E-state index in [4.69, 9.17) is 0 Å². The van der Waals surface area contributed by atoms with Crippen LogP contribution in [-0.4, -0.2) is 9.13 Å². The standard InChI is InChI=1S/C22H22N4/c1-3-7-21(8-4-1)17-25-15-13-23(19-25)11-12-24-14-16-26(20-24)18-22-9-5-2-6-10-22/h1-10,13-16H,11-12,17-18H2. The maximum atomic E-state index is 3.38. The van der Waals surface area contributed by atoms with Gasteiger partial charge in [0, 0.05) is 0 Å². The molecule has 0 aliphatic rings. The number of nitrogens with zero attached hydrogens (tertiary/aromatic N) is 4. The Kier molecular flexibility index (Phi) is 4.92.